The molecule has 0 spiro atoms. The van der Waals surface area contributed by atoms with Gasteiger partial charge in [-0.1, -0.05) is 19.1 Å². The number of rotatable bonds is 15. The van der Waals surface area contributed by atoms with Crippen molar-refractivity contribution in [1.29, 1.82) is 0 Å². The van der Waals surface area contributed by atoms with Crippen molar-refractivity contribution >= 4 is 37.5 Å². The van der Waals surface area contributed by atoms with Crippen LogP contribution < -0.4 is 23.3 Å². The summed E-state index contributed by atoms with van der Waals surface area (Å²) in [5.74, 6) is -0.666. The molecule has 21 nitrogen and oxygen atoms in total. The predicted molar refractivity (Wildman–Crippen MR) is 258 cm³/mol. The fourth-order valence-corrected chi connectivity index (χ4v) is 9.49. The first-order valence-corrected chi connectivity index (χ1v) is 24.7. The molecule has 0 aliphatic heterocycles. The van der Waals surface area contributed by atoms with Crippen molar-refractivity contribution in [2.24, 2.45) is 7.05 Å². The molecule has 0 saturated carbocycles. The number of phosphoric acid groups is 2. The molecule has 0 aliphatic rings. The Morgan fingerprint density at radius 1 is 0.676 bits per heavy atom. The third-order valence-electron chi connectivity index (χ3n) is 12.0. The minimum atomic E-state index is -5.14. The summed E-state index contributed by atoms with van der Waals surface area (Å²) in [6.45, 7) is 3.57. The van der Waals surface area contributed by atoms with Gasteiger partial charge in [-0.2, -0.15) is 4.68 Å². The lowest BCUT2D eigenvalue weighted by atomic mass is 10.00. The Labute approximate surface area is 403 Å². The van der Waals surface area contributed by atoms with Crippen LogP contribution in [0, 0.1) is 6.92 Å². The van der Waals surface area contributed by atoms with E-state index in [4.69, 9.17) is 18.5 Å². The second-order valence-electron chi connectivity index (χ2n) is 16.5. The first kappa shape index (κ1) is 48.1. The summed E-state index contributed by atoms with van der Waals surface area (Å²) in [5.41, 5.74) is 5.17. The second-order valence-corrected chi connectivity index (χ2v) is 18.9. The summed E-state index contributed by atoms with van der Waals surface area (Å²) in [7, 11) is -5.16. The Hall–Kier alpha value is -7.90. The number of fused-ring (bicyclic) bond motifs is 2. The molecule has 9 rings (SSSR count). The highest BCUT2D eigenvalue weighted by Crippen LogP contribution is 2.46. The lowest BCUT2D eigenvalue weighted by molar-refractivity contribution is -0.767. The predicted octanol–water partition coefficient (Wildman–Crippen LogP) is 7.15. The number of nitrogens with zero attached hydrogens (tertiary/aromatic N) is 7. The molecule has 0 unspecified atom stereocenters. The van der Waals surface area contributed by atoms with Gasteiger partial charge in [-0.15, -0.1) is 14.8 Å². The standard InChI is InChI=1S/C48H45N7O14P2/c1-6-28-19-35(40(56)23-43(28)68-70(60,61)62)37-22-34(46(58)50-49-37)29-10-12-39-33(20-29)26(2)25-53(39)55-47(54(48(59)51-55)32-11-13-38-30(18-32)15-16-52(38)3)36-21-31(44(24-41(36)57)69-71(63,64)65)9-7-27-8-14-42(66-4)45(17-27)67-5/h8,10-25H,6-7,9H2,1-5H3,(H7,49,50,51,56,58,59,60,61,62,63,64,65)/p+1. The molecule has 0 saturated heterocycles. The van der Waals surface area contributed by atoms with E-state index in [0.29, 0.717) is 56.8 Å². The maximum absolute atomic E-state index is 12.3. The molecule has 23 heteroatoms. The van der Waals surface area contributed by atoms with Crippen LogP contribution in [0.4, 0.5) is 0 Å². The van der Waals surface area contributed by atoms with Crippen molar-refractivity contribution < 1.29 is 72.4 Å². The molecule has 5 aromatic carbocycles. The van der Waals surface area contributed by atoms with Crippen LogP contribution in [0.5, 0.6) is 46.4 Å². The fraction of sp³-hybridized carbons (Fsp3) is 0.167. The molecule has 4 aromatic heterocycles. The number of aromatic nitrogens is 7. The van der Waals surface area contributed by atoms with Crippen molar-refractivity contribution in [3.05, 3.63) is 126 Å². The Bertz CT molecular complexity index is 3670. The molecule has 8 N–H and O–H groups in total. The molecular formula is C48H46N7O14P2+. The number of ether oxygens (including phenoxy) is 2. The van der Waals surface area contributed by atoms with Crippen LogP contribution in [0.25, 0.3) is 61.3 Å². The number of benzene rings is 5. The molecule has 4 heterocycles. The van der Waals surface area contributed by atoms with Crippen LogP contribution in [0.15, 0.2) is 103 Å². The molecule has 0 fully saturated rings. The quantitative estimate of drug-likeness (QED) is 0.0374. The van der Waals surface area contributed by atoms with Crippen LogP contribution in [0.2, 0.25) is 0 Å². The number of phenols is 2. The topological polar surface area (TPSA) is 290 Å². The number of phosphoric ester groups is 2. The van der Waals surface area contributed by atoms with E-state index in [0.717, 1.165) is 28.6 Å². The van der Waals surface area contributed by atoms with E-state index in [1.165, 1.54) is 41.8 Å². The van der Waals surface area contributed by atoms with E-state index in [-0.39, 0.29) is 52.5 Å². The van der Waals surface area contributed by atoms with Gasteiger partial charge in [0.2, 0.25) is 5.88 Å². The summed E-state index contributed by atoms with van der Waals surface area (Å²) >= 11 is 0. The van der Waals surface area contributed by atoms with Crippen LogP contribution in [-0.2, 0) is 35.4 Å². The molecule has 0 atom stereocenters. The summed E-state index contributed by atoms with van der Waals surface area (Å²) < 4.78 is 49.8. The van der Waals surface area contributed by atoms with Gasteiger partial charge in [-0.25, -0.2) is 9.13 Å². The van der Waals surface area contributed by atoms with Gasteiger partial charge < -0.3 is 43.5 Å². The van der Waals surface area contributed by atoms with Gasteiger partial charge in [-0.3, -0.25) is 19.6 Å². The molecular weight excluding hydrogens is 961 g/mol. The normalized spacial score (nSPS) is 12.0. The van der Waals surface area contributed by atoms with E-state index >= 15 is 0 Å². The summed E-state index contributed by atoms with van der Waals surface area (Å²) in [6, 6.07) is 24.2. The highest BCUT2D eigenvalue weighted by Gasteiger charge is 2.35. The summed E-state index contributed by atoms with van der Waals surface area (Å²) in [4.78, 5) is 40.2. The van der Waals surface area contributed by atoms with E-state index in [1.807, 2.05) is 49.0 Å². The Morgan fingerprint density at radius 3 is 2.04 bits per heavy atom. The van der Waals surface area contributed by atoms with Crippen LogP contribution in [0.3, 0.4) is 0 Å². The number of hydrogen-bond acceptors (Lipinski definition) is 13. The van der Waals surface area contributed by atoms with Crippen molar-refractivity contribution in [3.8, 4) is 85.8 Å². The van der Waals surface area contributed by atoms with Crippen molar-refractivity contribution in [2.45, 2.75) is 33.1 Å². The van der Waals surface area contributed by atoms with Crippen LogP contribution in [0.1, 0.15) is 29.2 Å². The first-order chi connectivity index (χ1) is 33.7. The molecule has 366 valence electrons. The minimum Gasteiger partial charge on any atom is -0.507 e. The van der Waals surface area contributed by atoms with Crippen LogP contribution in [-0.4, -0.2) is 83.3 Å². The highest BCUT2D eigenvalue weighted by molar-refractivity contribution is 7.47. The number of aromatic hydroxyl groups is 4. The number of hydrogen-bond donors (Lipinski definition) is 8. The highest BCUT2D eigenvalue weighted by atomic mass is 31.2. The van der Waals surface area contributed by atoms with Crippen molar-refractivity contribution in [3.63, 3.8) is 0 Å². The number of aryl methyl sites for hydroxylation is 5. The second kappa shape index (κ2) is 18.4. The van der Waals surface area contributed by atoms with Gasteiger partial charge in [0.05, 0.1) is 31.6 Å². The van der Waals surface area contributed by atoms with Crippen molar-refractivity contribution in [2.75, 3.05) is 14.2 Å². The van der Waals surface area contributed by atoms with E-state index < -0.39 is 39.0 Å². The molecule has 71 heavy (non-hydrogen) atoms. The zero-order chi connectivity index (χ0) is 50.7. The van der Waals surface area contributed by atoms with Gasteiger partial charge in [0.25, 0.3) is 0 Å². The SMILES string of the molecule is CCc1cc(-c2cc(-c3ccc4c(c3)c(C)cn4-[n+]3nc(O)n(-c4ccc5c(ccn5C)c4)c3-c3cc(CCc4ccc(OC)c(OC)c4)c(OP(=O)(O)O)cc3O)c(O)nn2)c(O)cc1OP(=O)(O)O. The van der Waals surface area contributed by atoms with Gasteiger partial charge in [0.1, 0.15) is 34.2 Å². The summed E-state index contributed by atoms with van der Waals surface area (Å²) in [6.07, 6.45) is 4.39. The smallest absolute Gasteiger partial charge is 0.507 e. The third kappa shape index (κ3) is 9.45. The average Bonchev–Trinajstić information content (AvgIpc) is 3.98. The monoisotopic (exact) mass is 1010 g/mol. The van der Waals surface area contributed by atoms with Gasteiger partial charge in [0.15, 0.2) is 11.5 Å². The van der Waals surface area contributed by atoms with E-state index in [9.17, 15) is 49.1 Å². The largest absolute Gasteiger partial charge is 0.524 e. The number of methoxy groups -OCH3 is 2. The third-order valence-corrected chi connectivity index (χ3v) is 12.9. The molecule has 0 bridgehead atoms. The van der Waals surface area contributed by atoms with E-state index in [1.54, 1.807) is 54.2 Å². The Morgan fingerprint density at radius 2 is 1.35 bits per heavy atom. The fourth-order valence-electron chi connectivity index (χ4n) is 8.64. The molecule has 0 aliphatic carbocycles. The molecule has 0 amide bonds. The van der Waals surface area contributed by atoms with Gasteiger partial charge in [0, 0.05) is 57.9 Å². The lowest BCUT2D eigenvalue weighted by Gasteiger charge is -2.15. The maximum atomic E-state index is 12.3. The van der Waals surface area contributed by atoms with E-state index in [2.05, 4.69) is 15.3 Å². The van der Waals surface area contributed by atoms with Gasteiger partial charge >= 0.3 is 27.5 Å². The first-order valence-electron chi connectivity index (χ1n) is 21.7. The Kier molecular flexibility index (Phi) is 12.5. The minimum absolute atomic E-state index is 0.0959. The van der Waals surface area contributed by atoms with Gasteiger partial charge in [-0.05, 0) is 126 Å². The zero-order valence-corrected chi connectivity index (χ0v) is 40.3. The molecule has 0 radical (unpaired) electrons. The number of phenolic OH excluding ortho intramolecular Hbond substituents is 2. The van der Waals surface area contributed by atoms with Crippen LogP contribution >= 0.6 is 15.6 Å². The van der Waals surface area contributed by atoms with Crippen molar-refractivity contribution in [1.82, 2.24) is 29.1 Å². The Balaban J connectivity index is 1.19. The molecule has 9 aromatic rings. The summed E-state index contributed by atoms with van der Waals surface area (Å²) in [5, 5.41) is 60.0. The average molecular weight is 1010 g/mol. The zero-order valence-electron chi connectivity index (χ0n) is 38.5. The maximum Gasteiger partial charge on any atom is 0.524 e. The lowest BCUT2D eigenvalue weighted by Crippen LogP contribution is -2.45.